The first kappa shape index (κ1) is 12.3. The Labute approximate surface area is 137 Å². The van der Waals surface area contributed by atoms with Gasteiger partial charge in [0.2, 0.25) is 0 Å². The third-order valence-electron chi connectivity index (χ3n) is 4.43. The molecule has 0 unspecified atom stereocenters. The minimum atomic E-state index is 1.09. The van der Waals surface area contributed by atoms with E-state index in [1.165, 1.54) is 38.0 Å². The Bertz CT molecular complexity index is 1190. The molecule has 3 heteroatoms. The van der Waals surface area contributed by atoms with Gasteiger partial charge in [0, 0.05) is 0 Å². The van der Waals surface area contributed by atoms with Crippen molar-refractivity contribution < 1.29 is 0 Å². The van der Waals surface area contributed by atoms with Crippen LogP contribution in [0.2, 0.25) is 0 Å². The van der Waals surface area contributed by atoms with Gasteiger partial charge in [-0.1, -0.05) is 0 Å². The molecule has 100 valence electrons. The Morgan fingerprint density at radius 2 is 1.45 bits per heavy atom. The monoisotopic (exact) mass is 336 g/mol. The van der Waals surface area contributed by atoms with Crippen LogP contribution in [0.3, 0.4) is 0 Å². The third-order valence-corrected chi connectivity index (χ3v) is 5.55. The molecule has 0 N–H and O–H groups in total. The molecule has 0 spiro atoms. The molecule has 0 saturated heterocycles. The summed E-state index contributed by atoms with van der Waals surface area (Å²) in [5.74, 6) is 0. The first-order valence-electron chi connectivity index (χ1n) is 7.29. The summed E-state index contributed by atoms with van der Waals surface area (Å²) in [6.45, 7) is 0. The predicted molar refractivity (Wildman–Crippen MR) is 93.4 cm³/mol. The van der Waals surface area contributed by atoms with Crippen molar-refractivity contribution >= 4 is 62.3 Å². The molecule has 0 bridgehead atoms. The maximum absolute atomic E-state index is 4.78. The van der Waals surface area contributed by atoms with Crippen LogP contribution in [0, 0.1) is 0 Å². The molecule has 0 aliphatic rings. The van der Waals surface area contributed by atoms with E-state index in [2.05, 4.69) is 63.9 Å². The molecule has 0 aliphatic heterocycles. The summed E-state index contributed by atoms with van der Waals surface area (Å²) in [6.07, 6.45) is 1.99. The second kappa shape index (κ2) is 4.38. The van der Waals surface area contributed by atoms with E-state index in [0.717, 1.165) is 5.52 Å². The van der Waals surface area contributed by atoms with E-state index < -0.39 is 0 Å². The zero-order valence-electron chi connectivity index (χ0n) is 11.8. The van der Waals surface area contributed by atoms with Crippen molar-refractivity contribution in [1.29, 1.82) is 0 Å². The van der Waals surface area contributed by atoms with Gasteiger partial charge in [0.05, 0.1) is 0 Å². The number of rotatable bonds is 0. The molecule has 0 amide bonds. The molecule has 0 atom stereocenters. The number of nitrogens with zero attached hydrogens (tertiary/aromatic N) is 2. The van der Waals surface area contributed by atoms with Gasteiger partial charge in [-0.3, -0.25) is 0 Å². The zero-order chi connectivity index (χ0) is 14.7. The average Bonchev–Trinajstić information content (AvgIpc) is 2.88. The average molecular weight is 337 g/mol. The summed E-state index contributed by atoms with van der Waals surface area (Å²) in [6, 6.07) is 21.5. The van der Waals surface area contributed by atoms with Gasteiger partial charge in [0.25, 0.3) is 0 Å². The molecular weight excluding hydrogens is 326 g/mol. The second-order valence-corrected chi connectivity index (χ2v) is 6.67. The summed E-state index contributed by atoms with van der Waals surface area (Å²) in [7, 11) is 0. The van der Waals surface area contributed by atoms with Crippen molar-refractivity contribution in [3.63, 3.8) is 0 Å². The second-order valence-electron chi connectivity index (χ2n) is 5.59. The molecule has 0 fully saturated rings. The van der Waals surface area contributed by atoms with E-state index in [9.17, 15) is 0 Å². The fraction of sp³-hybridized carbons (Fsp3) is 0. The van der Waals surface area contributed by atoms with E-state index in [1.54, 1.807) is 18.8 Å². The number of benzene rings is 3. The van der Waals surface area contributed by atoms with Gasteiger partial charge in [0.15, 0.2) is 0 Å². The summed E-state index contributed by atoms with van der Waals surface area (Å²) < 4.78 is 2.32. The molecule has 2 radical (unpaired) electrons. The number of fused-ring (bicyclic) bond motifs is 7. The molecule has 5 rings (SSSR count). The first-order chi connectivity index (χ1) is 10.8. The molecule has 22 heavy (non-hydrogen) atoms. The van der Waals surface area contributed by atoms with Gasteiger partial charge in [-0.15, -0.1) is 0 Å². The van der Waals surface area contributed by atoms with Crippen LogP contribution in [0.5, 0.6) is 0 Å². The summed E-state index contributed by atoms with van der Waals surface area (Å²) in [4.78, 5) is 4.78. The fourth-order valence-corrected chi connectivity index (χ4v) is 4.43. The predicted octanol–water partition coefficient (Wildman–Crippen LogP) is 4.43. The molecule has 2 heterocycles. The Morgan fingerprint density at radius 3 is 2.36 bits per heavy atom. The van der Waals surface area contributed by atoms with Gasteiger partial charge < -0.3 is 0 Å². The molecule has 0 saturated carbocycles. The van der Waals surface area contributed by atoms with Crippen molar-refractivity contribution in [2.24, 2.45) is 0 Å². The van der Waals surface area contributed by atoms with Gasteiger partial charge >= 0.3 is 137 Å². The molecular formula is C19H11GaN2. The van der Waals surface area contributed by atoms with Crippen LogP contribution >= 0.6 is 0 Å². The van der Waals surface area contributed by atoms with Gasteiger partial charge in [-0.05, 0) is 0 Å². The Morgan fingerprint density at radius 1 is 0.727 bits per heavy atom. The Hall–Kier alpha value is -2.23. The number of hydrogen-bond donors (Lipinski definition) is 0. The zero-order valence-corrected chi connectivity index (χ0v) is 14.2. The van der Waals surface area contributed by atoms with E-state index in [-0.39, 0.29) is 0 Å². The summed E-state index contributed by atoms with van der Waals surface area (Å²) in [5.41, 5.74) is 3.61. The van der Waals surface area contributed by atoms with Crippen molar-refractivity contribution in [1.82, 2.24) is 8.26 Å². The van der Waals surface area contributed by atoms with Crippen molar-refractivity contribution in [3.8, 4) is 0 Å². The fourth-order valence-electron chi connectivity index (χ4n) is 3.41. The molecule has 5 aromatic rings. The van der Waals surface area contributed by atoms with Crippen LogP contribution in [0.1, 0.15) is 0 Å². The van der Waals surface area contributed by atoms with E-state index >= 15 is 0 Å². The number of pyridine rings is 1. The number of hydrogen-bond acceptors (Lipinski definition) is 1. The van der Waals surface area contributed by atoms with Crippen LogP contribution < -0.4 is 0 Å². The number of para-hydroxylation sites is 1. The Balaban J connectivity index is 2.11. The maximum atomic E-state index is 4.78. The van der Waals surface area contributed by atoms with E-state index in [4.69, 9.17) is 4.98 Å². The summed E-state index contributed by atoms with van der Waals surface area (Å²) in [5, 5.41) is 6.28. The van der Waals surface area contributed by atoms with Gasteiger partial charge in [0.1, 0.15) is 0 Å². The standard InChI is InChI=1S/C19H11N2.Ga/c1-2-6-13-12(5-1)11-20-18-15(13)9-10-16-14-7-3-4-8-17(14)21-19(16)18;/h1-11H;/q-1;+1. The van der Waals surface area contributed by atoms with Crippen molar-refractivity contribution in [2.45, 2.75) is 0 Å². The normalized spacial score (nSPS) is 11.8. The summed E-state index contributed by atoms with van der Waals surface area (Å²) >= 11 is 1.60. The minimum absolute atomic E-state index is 1.09. The van der Waals surface area contributed by atoms with Crippen molar-refractivity contribution in [3.05, 3.63) is 66.9 Å². The molecule has 3 aromatic carbocycles. The van der Waals surface area contributed by atoms with Gasteiger partial charge in [-0.2, -0.15) is 0 Å². The van der Waals surface area contributed by atoms with Crippen LogP contribution in [-0.4, -0.2) is 27.1 Å². The third kappa shape index (κ3) is 1.50. The van der Waals surface area contributed by atoms with Crippen LogP contribution in [0.15, 0.2) is 66.9 Å². The quantitative estimate of drug-likeness (QED) is 0.302. The molecule has 0 aliphatic carbocycles. The van der Waals surface area contributed by atoms with E-state index in [0.29, 0.717) is 0 Å². The first-order valence-corrected chi connectivity index (χ1v) is 8.37. The molecule has 2 aromatic heterocycles. The SMILES string of the molecule is [Ga][n]1c2ccccc2c2ccc3c4ccccc4cnc3c21. The topological polar surface area (TPSA) is 17.8 Å². The van der Waals surface area contributed by atoms with Gasteiger partial charge in [-0.25, -0.2) is 0 Å². The van der Waals surface area contributed by atoms with E-state index in [1.807, 2.05) is 6.20 Å². The van der Waals surface area contributed by atoms with Crippen LogP contribution in [-0.2, 0) is 0 Å². The van der Waals surface area contributed by atoms with Crippen molar-refractivity contribution in [2.75, 3.05) is 0 Å². The van der Waals surface area contributed by atoms with Crippen LogP contribution in [0.25, 0.3) is 43.5 Å². The Kier molecular flexibility index (Phi) is 2.45. The number of aromatic nitrogens is 2. The van der Waals surface area contributed by atoms with Crippen LogP contribution in [0.4, 0.5) is 0 Å². The molecule has 2 nitrogen and oxygen atoms in total.